The van der Waals surface area contributed by atoms with Crippen molar-refractivity contribution in [3.05, 3.63) is 87.3 Å². The van der Waals surface area contributed by atoms with Crippen molar-refractivity contribution < 1.29 is 14.7 Å². The van der Waals surface area contributed by atoms with Crippen LogP contribution in [0.2, 0.25) is 0 Å². The molecular weight excluding hydrogens is 508 g/mol. The van der Waals surface area contributed by atoms with Crippen LogP contribution in [0.25, 0.3) is 16.7 Å². The van der Waals surface area contributed by atoms with E-state index in [0.29, 0.717) is 17.5 Å². The van der Waals surface area contributed by atoms with Crippen LogP contribution in [0.5, 0.6) is 0 Å². The van der Waals surface area contributed by atoms with Gasteiger partial charge in [-0.2, -0.15) is 4.98 Å². The summed E-state index contributed by atoms with van der Waals surface area (Å²) in [5, 5.41) is 12.5. The SMILES string of the molecule is NC(=O)c1cn(-c2ccc3c(c2)CCC3)c2nc(Nc3ccc(C4CCN(CC(=O)O)CC4)cc3)ncc2c1=O. The van der Waals surface area contributed by atoms with Gasteiger partial charge < -0.3 is 20.7 Å². The van der Waals surface area contributed by atoms with Gasteiger partial charge in [0.1, 0.15) is 5.56 Å². The lowest BCUT2D eigenvalue weighted by molar-refractivity contribution is -0.138. The van der Waals surface area contributed by atoms with Crippen molar-refractivity contribution in [2.75, 3.05) is 25.0 Å². The number of aliphatic carboxylic acids is 1. The van der Waals surface area contributed by atoms with Gasteiger partial charge in [0.15, 0.2) is 5.65 Å². The smallest absolute Gasteiger partial charge is 0.317 e. The van der Waals surface area contributed by atoms with E-state index < -0.39 is 17.3 Å². The number of carbonyl (C=O) groups excluding carboxylic acids is 1. The monoisotopic (exact) mass is 538 g/mol. The van der Waals surface area contributed by atoms with Gasteiger partial charge in [0.2, 0.25) is 11.4 Å². The molecule has 2 aromatic carbocycles. The van der Waals surface area contributed by atoms with Crippen molar-refractivity contribution in [2.24, 2.45) is 5.73 Å². The van der Waals surface area contributed by atoms with Crippen molar-refractivity contribution in [1.82, 2.24) is 19.4 Å². The topological polar surface area (TPSA) is 143 Å². The maximum atomic E-state index is 13.0. The molecule has 10 nitrogen and oxygen atoms in total. The van der Waals surface area contributed by atoms with Crippen molar-refractivity contribution in [1.29, 1.82) is 0 Å². The zero-order valence-corrected chi connectivity index (χ0v) is 22.0. The molecule has 0 radical (unpaired) electrons. The molecule has 0 bridgehead atoms. The van der Waals surface area contributed by atoms with Gasteiger partial charge in [0.25, 0.3) is 5.91 Å². The summed E-state index contributed by atoms with van der Waals surface area (Å²) in [5.41, 5.74) is 10.7. The van der Waals surface area contributed by atoms with Crippen LogP contribution in [-0.4, -0.2) is 56.1 Å². The zero-order chi connectivity index (χ0) is 27.8. The first kappa shape index (κ1) is 25.7. The Morgan fingerprint density at radius 3 is 2.52 bits per heavy atom. The highest BCUT2D eigenvalue weighted by atomic mass is 16.4. The lowest BCUT2D eigenvalue weighted by Gasteiger charge is -2.31. The Kier molecular flexibility index (Phi) is 6.77. The molecule has 204 valence electrons. The maximum absolute atomic E-state index is 13.0. The molecule has 1 amide bonds. The number of pyridine rings is 1. The first-order valence-electron chi connectivity index (χ1n) is 13.5. The van der Waals surface area contributed by atoms with Crippen molar-refractivity contribution in [3.8, 4) is 5.69 Å². The summed E-state index contributed by atoms with van der Waals surface area (Å²) in [5.74, 6) is -0.875. The summed E-state index contributed by atoms with van der Waals surface area (Å²) in [4.78, 5) is 47.1. The summed E-state index contributed by atoms with van der Waals surface area (Å²) >= 11 is 0. The van der Waals surface area contributed by atoms with Crippen molar-refractivity contribution >= 4 is 34.5 Å². The van der Waals surface area contributed by atoms with E-state index in [1.807, 2.05) is 23.1 Å². The summed E-state index contributed by atoms with van der Waals surface area (Å²) in [7, 11) is 0. The minimum absolute atomic E-state index is 0.0888. The van der Waals surface area contributed by atoms with Gasteiger partial charge in [-0.15, -0.1) is 0 Å². The fourth-order valence-electron chi connectivity index (χ4n) is 5.83. The number of aromatic nitrogens is 3. The van der Waals surface area contributed by atoms with Crippen molar-refractivity contribution in [2.45, 2.75) is 38.0 Å². The first-order valence-corrected chi connectivity index (χ1v) is 13.5. The maximum Gasteiger partial charge on any atom is 0.317 e. The third kappa shape index (κ3) is 5.05. The molecule has 0 spiro atoms. The van der Waals surface area contributed by atoms with E-state index in [-0.39, 0.29) is 17.5 Å². The van der Waals surface area contributed by atoms with Crippen molar-refractivity contribution in [3.63, 3.8) is 0 Å². The minimum atomic E-state index is -0.795. The molecule has 1 saturated heterocycles. The molecule has 1 aliphatic heterocycles. The number of nitrogens with one attached hydrogen (secondary N) is 1. The number of nitrogens with two attached hydrogens (primary N) is 1. The second-order valence-electron chi connectivity index (χ2n) is 10.5. The summed E-state index contributed by atoms with van der Waals surface area (Å²) in [6, 6.07) is 14.2. The number of piperidine rings is 1. The number of hydrogen-bond donors (Lipinski definition) is 3. The Hall–Kier alpha value is -4.57. The average Bonchev–Trinajstić information content (AvgIpc) is 3.42. The Bertz CT molecular complexity index is 1670. The van der Waals surface area contributed by atoms with Gasteiger partial charge in [0, 0.05) is 23.8 Å². The Morgan fingerprint density at radius 2 is 1.80 bits per heavy atom. The van der Waals surface area contributed by atoms with Gasteiger partial charge in [-0.25, -0.2) is 4.98 Å². The number of primary amides is 1. The molecule has 4 N–H and O–H groups in total. The Labute approximate surface area is 230 Å². The van der Waals surface area contributed by atoms with E-state index in [0.717, 1.165) is 56.6 Å². The molecule has 0 atom stereocenters. The number of carbonyl (C=O) groups is 2. The molecule has 0 unspecified atom stereocenters. The third-order valence-electron chi connectivity index (χ3n) is 7.95. The molecule has 2 aliphatic rings. The van der Waals surface area contributed by atoms with E-state index in [1.165, 1.54) is 29.1 Å². The molecule has 0 saturated carbocycles. The summed E-state index contributed by atoms with van der Waals surface area (Å²) < 4.78 is 1.74. The second kappa shape index (κ2) is 10.5. The zero-order valence-electron chi connectivity index (χ0n) is 22.0. The molecule has 4 aromatic rings. The number of carboxylic acids is 1. The lowest BCUT2D eigenvalue weighted by atomic mass is 9.89. The fraction of sp³-hybridized carbons (Fsp3) is 0.300. The van der Waals surface area contributed by atoms with Crippen LogP contribution >= 0.6 is 0 Å². The number of fused-ring (bicyclic) bond motifs is 2. The standard InChI is InChI=1S/C30H30N6O4/c31-28(40)25-16-36(23-9-6-18-2-1-3-21(18)14-23)29-24(27(25)39)15-32-30(34-29)33-22-7-4-19(5-8-22)20-10-12-35(13-11-20)17-26(37)38/h4-9,14-16,20H,1-3,10-13,17H2,(H2,31,40)(H,37,38)(H,32,33,34). The highest BCUT2D eigenvalue weighted by Crippen LogP contribution is 2.30. The molecular formula is C30H30N6O4. The largest absolute Gasteiger partial charge is 0.480 e. The number of amides is 1. The van der Waals surface area contributed by atoms with Crippen LogP contribution < -0.4 is 16.5 Å². The minimum Gasteiger partial charge on any atom is -0.480 e. The molecule has 3 heterocycles. The average molecular weight is 539 g/mol. The Balaban J connectivity index is 1.28. The molecule has 1 fully saturated rings. The number of likely N-dealkylation sites (tertiary alicyclic amines) is 1. The van der Waals surface area contributed by atoms with Gasteiger partial charge in [-0.05, 0) is 92.1 Å². The quantitative estimate of drug-likeness (QED) is 0.325. The third-order valence-corrected chi connectivity index (χ3v) is 7.95. The Morgan fingerprint density at radius 1 is 1.05 bits per heavy atom. The molecule has 40 heavy (non-hydrogen) atoms. The van der Waals surface area contributed by atoms with Crippen LogP contribution in [0.4, 0.5) is 11.6 Å². The summed E-state index contributed by atoms with van der Waals surface area (Å²) in [6.07, 6.45) is 7.88. The van der Waals surface area contributed by atoms with Crippen LogP contribution in [0.3, 0.4) is 0 Å². The number of rotatable bonds is 7. The van der Waals surface area contributed by atoms with Gasteiger partial charge in [-0.3, -0.25) is 19.3 Å². The number of benzene rings is 2. The van der Waals surface area contributed by atoms with Gasteiger partial charge in [0.05, 0.1) is 11.9 Å². The molecule has 6 rings (SSSR count). The van der Waals surface area contributed by atoms with Crippen LogP contribution in [0, 0.1) is 0 Å². The fourth-order valence-corrected chi connectivity index (χ4v) is 5.83. The van der Waals surface area contributed by atoms with E-state index in [4.69, 9.17) is 10.8 Å². The second-order valence-corrected chi connectivity index (χ2v) is 10.5. The predicted molar refractivity (Wildman–Crippen MR) is 151 cm³/mol. The highest BCUT2D eigenvalue weighted by molar-refractivity contribution is 5.96. The van der Waals surface area contributed by atoms with Gasteiger partial charge in [-0.1, -0.05) is 18.2 Å². The number of hydrogen-bond acceptors (Lipinski definition) is 7. The van der Waals surface area contributed by atoms with E-state index >= 15 is 0 Å². The van der Waals surface area contributed by atoms with Crippen LogP contribution in [0.15, 0.2) is 59.7 Å². The predicted octanol–water partition coefficient (Wildman–Crippen LogP) is 3.38. The van der Waals surface area contributed by atoms with E-state index in [1.54, 1.807) is 4.57 Å². The van der Waals surface area contributed by atoms with E-state index in [9.17, 15) is 14.4 Å². The number of anilines is 2. The summed E-state index contributed by atoms with van der Waals surface area (Å²) in [6.45, 7) is 1.63. The van der Waals surface area contributed by atoms with Crippen LogP contribution in [-0.2, 0) is 17.6 Å². The number of nitrogens with zero attached hydrogens (tertiary/aromatic N) is 4. The lowest BCUT2D eigenvalue weighted by Crippen LogP contribution is -2.36. The van der Waals surface area contributed by atoms with E-state index in [2.05, 4.69) is 39.6 Å². The molecule has 10 heteroatoms. The van der Waals surface area contributed by atoms with Crippen LogP contribution in [0.1, 0.15) is 52.2 Å². The number of carboxylic acid groups (broad SMARTS) is 1. The number of aryl methyl sites for hydroxylation is 2. The first-order chi connectivity index (χ1) is 19.4. The highest BCUT2D eigenvalue weighted by Gasteiger charge is 2.22. The molecule has 1 aliphatic carbocycles. The molecule has 2 aromatic heterocycles. The van der Waals surface area contributed by atoms with Gasteiger partial charge >= 0.3 is 5.97 Å². The normalized spacial score (nSPS) is 15.7.